The largest absolute Gasteiger partial charge is 0.198 e. The van der Waals surface area contributed by atoms with Gasteiger partial charge in [-0.2, -0.15) is 5.26 Å². The fourth-order valence-corrected chi connectivity index (χ4v) is 7.85. The molecule has 22 heavy (non-hydrogen) atoms. The van der Waals surface area contributed by atoms with Crippen LogP contribution in [0.5, 0.6) is 0 Å². The maximum Gasteiger partial charge on any atom is 0.0624 e. The quantitative estimate of drug-likeness (QED) is 0.587. The molecule has 4 saturated carbocycles. The van der Waals surface area contributed by atoms with E-state index in [2.05, 4.69) is 19.9 Å². The topological polar surface area (TPSA) is 23.8 Å². The first-order valence-electron chi connectivity index (χ1n) is 9.96. The van der Waals surface area contributed by atoms with E-state index in [1.807, 2.05) is 0 Å². The van der Waals surface area contributed by atoms with Gasteiger partial charge >= 0.3 is 0 Å². The van der Waals surface area contributed by atoms with E-state index in [1.54, 1.807) is 0 Å². The molecule has 4 aliphatic carbocycles. The molecule has 0 aliphatic heterocycles. The van der Waals surface area contributed by atoms with Crippen molar-refractivity contribution in [2.75, 3.05) is 0 Å². The number of rotatable bonds is 1. The molecule has 7 atom stereocenters. The van der Waals surface area contributed by atoms with Gasteiger partial charge < -0.3 is 0 Å². The SMILES string of the molecule is C[C@]12CC[C@H]3[C@@H](CCC4CCCC[C@@]43C)[C@@H]1CC[C@@H]2CC#N. The Morgan fingerprint density at radius 3 is 2.50 bits per heavy atom. The van der Waals surface area contributed by atoms with E-state index in [-0.39, 0.29) is 0 Å². The summed E-state index contributed by atoms with van der Waals surface area (Å²) < 4.78 is 0. The molecule has 1 unspecified atom stereocenters. The molecule has 0 bridgehead atoms. The van der Waals surface area contributed by atoms with Crippen LogP contribution in [0.1, 0.15) is 84.5 Å². The Morgan fingerprint density at radius 1 is 0.864 bits per heavy atom. The summed E-state index contributed by atoms with van der Waals surface area (Å²) in [5.41, 5.74) is 1.16. The molecule has 1 nitrogen and oxygen atoms in total. The van der Waals surface area contributed by atoms with Crippen LogP contribution in [0.3, 0.4) is 0 Å². The Balaban J connectivity index is 1.61. The first-order valence-corrected chi connectivity index (χ1v) is 9.96. The summed E-state index contributed by atoms with van der Waals surface area (Å²) in [5.74, 6) is 4.65. The van der Waals surface area contributed by atoms with Crippen molar-refractivity contribution < 1.29 is 0 Å². The average Bonchev–Trinajstić information content (AvgIpc) is 2.84. The van der Waals surface area contributed by atoms with Crippen LogP contribution in [0.25, 0.3) is 0 Å². The lowest BCUT2D eigenvalue weighted by molar-refractivity contribution is -0.110. The molecule has 1 heteroatoms. The molecule has 0 aromatic carbocycles. The van der Waals surface area contributed by atoms with Gasteiger partial charge in [-0.3, -0.25) is 0 Å². The van der Waals surface area contributed by atoms with Crippen LogP contribution in [-0.4, -0.2) is 0 Å². The van der Waals surface area contributed by atoms with Gasteiger partial charge in [0.05, 0.1) is 6.07 Å². The van der Waals surface area contributed by atoms with Gasteiger partial charge in [-0.05, 0) is 91.8 Å². The zero-order valence-corrected chi connectivity index (χ0v) is 14.6. The van der Waals surface area contributed by atoms with Crippen LogP contribution >= 0.6 is 0 Å². The predicted octanol–water partition coefficient (Wildman–Crippen LogP) is 5.95. The summed E-state index contributed by atoms with van der Waals surface area (Å²) >= 11 is 0. The molecule has 0 aromatic rings. The molecule has 4 rings (SSSR count). The first kappa shape index (κ1) is 15.0. The Bertz CT molecular complexity index is 477. The fraction of sp³-hybridized carbons (Fsp3) is 0.952. The van der Waals surface area contributed by atoms with Crippen LogP contribution in [0.4, 0.5) is 0 Å². The second kappa shape index (κ2) is 5.25. The Hall–Kier alpha value is -0.510. The summed E-state index contributed by atoms with van der Waals surface area (Å²) in [6.07, 6.45) is 15.4. The zero-order chi connectivity index (χ0) is 15.4. The second-order valence-corrected chi connectivity index (χ2v) is 9.58. The van der Waals surface area contributed by atoms with Crippen LogP contribution in [0.15, 0.2) is 0 Å². The molecule has 4 aliphatic rings. The highest BCUT2D eigenvalue weighted by molar-refractivity contribution is 5.09. The van der Waals surface area contributed by atoms with E-state index in [0.717, 1.165) is 30.1 Å². The van der Waals surface area contributed by atoms with Gasteiger partial charge in [-0.1, -0.05) is 26.7 Å². The number of hydrogen-bond donors (Lipinski definition) is 0. The van der Waals surface area contributed by atoms with E-state index in [0.29, 0.717) is 16.7 Å². The minimum absolute atomic E-state index is 0.495. The molecule has 0 spiro atoms. The van der Waals surface area contributed by atoms with Crippen molar-refractivity contribution in [3.05, 3.63) is 0 Å². The van der Waals surface area contributed by atoms with Gasteiger partial charge in [0.2, 0.25) is 0 Å². The van der Waals surface area contributed by atoms with Gasteiger partial charge in [0, 0.05) is 6.42 Å². The summed E-state index contributed by atoms with van der Waals surface area (Å²) in [6, 6.07) is 2.49. The molecule has 0 saturated heterocycles. The van der Waals surface area contributed by atoms with Crippen molar-refractivity contribution in [1.29, 1.82) is 5.26 Å². The lowest BCUT2D eigenvalue weighted by atomic mass is 9.45. The lowest BCUT2D eigenvalue weighted by Gasteiger charge is -2.60. The van der Waals surface area contributed by atoms with Gasteiger partial charge in [-0.25, -0.2) is 0 Å². The molecule has 0 heterocycles. The van der Waals surface area contributed by atoms with E-state index < -0.39 is 0 Å². The Morgan fingerprint density at radius 2 is 1.68 bits per heavy atom. The predicted molar refractivity (Wildman–Crippen MR) is 90.1 cm³/mol. The first-order chi connectivity index (χ1) is 10.6. The summed E-state index contributed by atoms with van der Waals surface area (Å²) in [4.78, 5) is 0. The average molecular weight is 300 g/mol. The molecule has 0 N–H and O–H groups in total. The van der Waals surface area contributed by atoms with Crippen molar-refractivity contribution in [2.24, 2.45) is 40.4 Å². The highest BCUT2D eigenvalue weighted by atomic mass is 14.6. The summed E-state index contributed by atoms with van der Waals surface area (Å²) in [5, 5.41) is 9.21. The van der Waals surface area contributed by atoms with Crippen LogP contribution in [0, 0.1) is 51.8 Å². The van der Waals surface area contributed by atoms with E-state index in [9.17, 15) is 5.26 Å². The third-order valence-corrected chi connectivity index (χ3v) is 9.12. The number of nitriles is 1. The van der Waals surface area contributed by atoms with Gasteiger partial charge in [-0.15, -0.1) is 0 Å². The Labute approximate surface area is 136 Å². The maximum atomic E-state index is 9.21. The van der Waals surface area contributed by atoms with E-state index >= 15 is 0 Å². The second-order valence-electron chi connectivity index (χ2n) is 9.58. The van der Waals surface area contributed by atoms with Gasteiger partial charge in [0.1, 0.15) is 0 Å². The van der Waals surface area contributed by atoms with Crippen molar-refractivity contribution in [2.45, 2.75) is 84.5 Å². The summed E-state index contributed by atoms with van der Waals surface area (Å²) in [6.45, 7) is 5.22. The van der Waals surface area contributed by atoms with Gasteiger partial charge in [0.15, 0.2) is 0 Å². The molecule has 0 radical (unpaired) electrons. The van der Waals surface area contributed by atoms with E-state index in [1.165, 1.54) is 64.2 Å². The summed E-state index contributed by atoms with van der Waals surface area (Å²) in [7, 11) is 0. The fourth-order valence-electron chi connectivity index (χ4n) is 7.85. The van der Waals surface area contributed by atoms with Crippen molar-refractivity contribution in [3.8, 4) is 6.07 Å². The van der Waals surface area contributed by atoms with Crippen LogP contribution in [0.2, 0.25) is 0 Å². The maximum absolute atomic E-state index is 9.21. The Kier molecular flexibility index (Phi) is 3.59. The smallest absolute Gasteiger partial charge is 0.0624 e. The number of fused-ring (bicyclic) bond motifs is 5. The third-order valence-electron chi connectivity index (χ3n) is 9.12. The van der Waals surface area contributed by atoms with Crippen molar-refractivity contribution in [3.63, 3.8) is 0 Å². The van der Waals surface area contributed by atoms with Gasteiger partial charge in [0.25, 0.3) is 0 Å². The third kappa shape index (κ3) is 1.95. The molecular formula is C21H33N. The van der Waals surface area contributed by atoms with Crippen LogP contribution < -0.4 is 0 Å². The lowest BCUT2D eigenvalue weighted by Crippen LogP contribution is -2.52. The highest BCUT2D eigenvalue weighted by Crippen LogP contribution is 2.67. The molecular weight excluding hydrogens is 266 g/mol. The normalized spacial score (nSPS) is 54.0. The standard InChI is InChI=1S/C21H33N/c1-20-12-4-3-5-15(20)6-8-17-18-9-7-16(11-14-22)21(18,2)13-10-19(17)20/h15-19H,3-13H2,1-2H3/t15?,16-,17+,18+,19+,20+,21-/m1/s1. The minimum Gasteiger partial charge on any atom is -0.198 e. The van der Waals surface area contributed by atoms with E-state index in [4.69, 9.17) is 0 Å². The number of hydrogen-bond acceptors (Lipinski definition) is 1. The molecule has 0 amide bonds. The molecule has 122 valence electrons. The highest BCUT2D eigenvalue weighted by Gasteiger charge is 2.59. The molecule has 0 aromatic heterocycles. The van der Waals surface area contributed by atoms with Crippen LogP contribution in [-0.2, 0) is 0 Å². The monoisotopic (exact) mass is 299 g/mol. The zero-order valence-electron chi connectivity index (χ0n) is 14.6. The number of nitrogens with zero attached hydrogens (tertiary/aromatic N) is 1. The van der Waals surface area contributed by atoms with Crippen molar-refractivity contribution in [1.82, 2.24) is 0 Å². The molecule has 4 fully saturated rings. The minimum atomic E-state index is 0.495. The van der Waals surface area contributed by atoms with Crippen molar-refractivity contribution >= 4 is 0 Å².